The van der Waals surface area contributed by atoms with Crippen LogP contribution >= 0.6 is 0 Å². The van der Waals surface area contributed by atoms with Crippen molar-refractivity contribution in [2.24, 2.45) is 0 Å². The number of nitrogen functional groups attached to an aromatic ring is 1. The summed E-state index contributed by atoms with van der Waals surface area (Å²) in [4.78, 5) is 0. The molecular weight excluding hydrogens is 253 g/mol. The second kappa shape index (κ2) is 1.72. The maximum absolute atomic E-state index is 5.65. The van der Waals surface area contributed by atoms with Crippen LogP contribution in [0.3, 0.4) is 0 Å². The standard InChI is InChI=1S/C8H5INO/c10-4-1-2-6-5(3-4)7-8(9-7)11-6/h1-3H,10H2/q-1. The van der Waals surface area contributed by atoms with Crippen LogP contribution in [0.2, 0.25) is 0 Å². The molecule has 0 bridgehead atoms. The molecule has 2 N–H and O–H groups in total. The molecule has 0 amide bonds. The first kappa shape index (κ1) is 5.88. The van der Waals surface area contributed by atoms with Gasteiger partial charge >= 0.3 is 73.5 Å². The van der Waals surface area contributed by atoms with Crippen LogP contribution in [0.25, 0.3) is 11.0 Å². The van der Waals surface area contributed by atoms with Gasteiger partial charge in [0.1, 0.15) is 0 Å². The van der Waals surface area contributed by atoms with Crippen molar-refractivity contribution in [3.8, 4) is 0 Å². The van der Waals surface area contributed by atoms with Crippen molar-refractivity contribution >= 4 is 16.7 Å². The Labute approximate surface area is 73.6 Å². The summed E-state index contributed by atoms with van der Waals surface area (Å²) < 4.78 is 8.20. The van der Waals surface area contributed by atoms with Gasteiger partial charge in [-0.3, -0.25) is 0 Å². The molecule has 1 aliphatic rings. The van der Waals surface area contributed by atoms with E-state index in [9.17, 15) is 0 Å². The molecule has 0 fully saturated rings. The van der Waals surface area contributed by atoms with Crippen molar-refractivity contribution in [2.45, 2.75) is 0 Å². The minimum absolute atomic E-state index is 0.152. The molecule has 11 heavy (non-hydrogen) atoms. The van der Waals surface area contributed by atoms with Crippen molar-refractivity contribution in [2.75, 3.05) is 5.73 Å². The molecule has 0 unspecified atom stereocenters. The van der Waals surface area contributed by atoms with Gasteiger partial charge in [-0.15, -0.1) is 0 Å². The molecule has 2 heterocycles. The summed E-state index contributed by atoms with van der Waals surface area (Å²) in [6.07, 6.45) is 0. The fraction of sp³-hybridized carbons (Fsp3) is 0. The quantitative estimate of drug-likeness (QED) is 0.392. The Hall–Kier alpha value is -0.710. The number of hydrogen-bond acceptors (Lipinski definition) is 2. The van der Waals surface area contributed by atoms with Gasteiger partial charge in [0.05, 0.1) is 0 Å². The van der Waals surface area contributed by atoms with E-state index in [0.717, 1.165) is 11.3 Å². The summed E-state index contributed by atoms with van der Waals surface area (Å²) in [6, 6.07) is 5.83. The van der Waals surface area contributed by atoms with E-state index in [2.05, 4.69) is 0 Å². The average Bonchev–Trinajstić information content (AvgIpc) is 2.67. The van der Waals surface area contributed by atoms with E-state index >= 15 is 0 Å². The normalized spacial score (nSPS) is 14.2. The van der Waals surface area contributed by atoms with Crippen LogP contribution in [0, 0.1) is 7.34 Å². The van der Waals surface area contributed by atoms with Gasteiger partial charge < -0.3 is 0 Å². The molecule has 2 nitrogen and oxygen atoms in total. The van der Waals surface area contributed by atoms with Crippen LogP contribution in [0.4, 0.5) is 5.69 Å². The SMILES string of the molecule is Nc1ccc2oc3c(c2c1)[I-]3. The molecule has 0 spiro atoms. The van der Waals surface area contributed by atoms with E-state index in [1.54, 1.807) is 0 Å². The van der Waals surface area contributed by atoms with E-state index in [0.29, 0.717) is 0 Å². The second-order valence-electron chi connectivity index (χ2n) is 2.54. The number of benzene rings is 1. The topological polar surface area (TPSA) is 39.2 Å². The molecule has 1 aromatic carbocycles. The van der Waals surface area contributed by atoms with E-state index in [-0.39, 0.29) is 21.2 Å². The van der Waals surface area contributed by atoms with Gasteiger partial charge in [0, 0.05) is 0 Å². The molecule has 56 valence electrons. The zero-order valence-corrected chi connectivity index (χ0v) is 7.75. The number of hydrogen-bond donors (Lipinski definition) is 1. The molecule has 3 heteroatoms. The molecule has 1 aromatic heterocycles. The third-order valence-electron chi connectivity index (χ3n) is 1.76. The van der Waals surface area contributed by atoms with Crippen molar-refractivity contribution in [3.05, 3.63) is 25.5 Å². The number of nitrogens with two attached hydrogens (primary N) is 1. The van der Waals surface area contributed by atoms with E-state index in [1.165, 1.54) is 12.7 Å². The molecular formula is C8H5INO-. The third kappa shape index (κ3) is 0.714. The Kier molecular flexibility index (Phi) is 0.917. The summed E-state index contributed by atoms with van der Waals surface area (Å²) >= 11 is 0.152. The Balaban J connectivity index is 2.51. The Bertz CT molecular complexity index is 447. The van der Waals surface area contributed by atoms with Crippen molar-refractivity contribution in [1.82, 2.24) is 0 Å². The summed E-state index contributed by atoms with van der Waals surface area (Å²) in [7, 11) is 0. The van der Waals surface area contributed by atoms with Gasteiger partial charge in [-0.05, 0) is 0 Å². The number of furan rings is 1. The van der Waals surface area contributed by atoms with Crippen molar-refractivity contribution in [3.63, 3.8) is 0 Å². The number of fused-ring (bicyclic) bond motifs is 3. The van der Waals surface area contributed by atoms with Gasteiger partial charge in [-0.1, -0.05) is 0 Å². The first-order chi connectivity index (χ1) is 5.34. The zero-order valence-electron chi connectivity index (χ0n) is 5.60. The number of anilines is 1. The van der Waals surface area contributed by atoms with Gasteiger partial charge in [-0.2, -0.15) is 0 Å². The third-order valence-corrected chi connectivity index (χ3v) is 4.08. The van der Waals surface area contributed by atoms with E-state index in [1.807, 2.05) is 18.2 Å². The molecule has 0 saturated heterocycles. The van der Waals surface area contributed by atoms with Crippen LogP contribution < -0.4 is 26.9 Å². The number of rotatable bonds is 0. The Morgan fingerprint density at radius 1 is 1.36 bits per heavy atom. The van der Waals surface area contributed by atoms with Gasteiger partial charge in [-0.25, -0.2) is 0 Å². The van der Waals surface area contributed by atoms with Gasteiger partial charge in [0.25, 0.3) is 0 Å². The minimum atomic E-state index is 0.152. The second-order valence-corrected chi connectivity index (χ2v) is 5.14. The predicted molar refractivity (Wildman–Crippen MR) is 38.0 cm³/mol. The van der Waals surface area contributed by atoms with Crippen molar-refractivity contribution in [1.29, 1.82) is 0 Å². The maximum atomic E-state index is 5.65. The Morgan fingerprint density at radius 2 is 2.27 bits per heavy atom. The molecule has 0 aliphatic carbocycles. The van der Waals surface area contributed by atoms with E-state index < -0.39 is 0 Å². The first-order valence-corrected chi connectivity index (χ1v) is 5.47. The van der Waals surface area contributed by atoms with Crippen LogP contribution in [0.5, 0.6) is 0 Å². The number of halogens is 1. The predicted octanol–water partition coefficient (Wildman–Crippen LogP) is -1.54. The van der Waals surface area contributed by atoms with Crippen LogP contribution in [-0.4, -0.2) is 0 Å². The average molecular weight is 258 g/mol. The Morgan fingerprint density at radius 3 is 3.18 bits per heavy atom. The van der Waals surface area contributed by atoms with E-state index in [4.69, 9.17) is 10.2 Å². The molecule has 3 rings (SSSR count). The summed E-state index contributed by atoms with van der Waals surface area (Å²) in [5.41, 5.74) is 7.47. The van der Waals surface area contributed by atoms with Gasteiger partial charge in [0.2, 0.25) is 0 Å². The molecule has 0 radical (unpaired) electrons. The zero-order chi connectivity index (χ0) is 7.42. The fourth-order valence-electron chi connectivity index (χ4n) is 1.19. The fourth-order valence-corrected chi connectivity index (χ4v) is 3.00. The molecule has 0 saturated carbocycles. The molecule has 2 aromatic rings. The van der Waals surface area contributed by atoms with Crippen molar-refractivity contribution < 1.29 is 25.6 Å². The summed E-state index contributed by atoms with van der Waals surface area (Å²) in [6.45, 7) is 0. The van der Waals surface area contributed by atoms with Crippen LogP contribution in [0.15, 0.2) is 22.6 Å². The van der Waals surface area contributed by atoms with Crippen LogP contribution in [0.1, 0.15) is 0 Å². The van der Waals surface area contributed by atoms with Crippen LogP contribution in [-0.2, 0) is 0 Å². The summed E-state index contributed by atoms with van der Waals surface area (Å²) in [5.74, 6) is 0. The van der Waals surface area contributed by atoms with Gasteiger partial charge in [0.15, 0.2) is 0 Å². The first-order valence-electron chi connectivity index (χ1n) is 3.31. The molecule has 0 atom stereocenters. The monoisotopic (exact) mass is 258 g/mol. The summed E-state index contributed by atoms with van der Waals surface area (Å²) in [5, 5.41) is 1.24. The molecule has 1 aliphatic heterocycles.